The van der Waals surface area contributed by atoms with Gasteiger partial charge in [-0.15, -0.1) is 0 Å². The van der Waals surface area contributed by atoms with Crippen molar-refractivity contribution in [2.45, 2.75) is 39.0 Å². The summed E-state index contributed by atoms with van der Waals surface area (Å²) >= 11 is 6.04. The highest BCUT2D eigenvalue weighted by molar-refractivity contribution is 6.31. The summed E-state index contributed by atoms with van der Waals surface area (Å²) < 4.78 is 1.51. The Balaban J connectivity index is 2.36. The van der Waals surface area contributed by atoms with Gasteiger partial charge in [0.25, 0.3) is 5.91 Å². The highest BCUT2D eigenvalue weighted by Crippen LogP contribution is 2.40. The Morgan fingerprint density at radius 3 is 2.50 bits per heavy atom. The van der Waals surface area contributed by atoms with Gasteiger partial charge in [0, 0.05) is 21.7 Å². The van der Waals surface area contributed by atoms with Crippen molar-refractivity contribution in [1.82, 2.24) is 4.57 Å². The van der Waals surface area contributed by atoms with E-state index in [9.17, 15) is 19.8 Å². The number of nitrogens with zero attached hydrogens (tertiary/aromatic N) is 1. The summed E-state index contributed by atoms with van der Waals surface area (Å²) in [4.78, 5) is 25.5. The fourth-order valence-corrected chi connectivity index (χ4v) is 4.14. The van der Waals surface area contributed by atoms with Crippen LogP contribution < -0.4 is 0 Å². The number of carboxylic acids is 1. The van der Waals surface area contributed by atoms with E-state index in [-0.39, 0.29) is 11.7 Å². The first-order chi connectivity index (χ1) is 13.2. The van der Waals surface area contributed by atoms with E-state index in [4.69, 9.17) is 11.6 Å². The molecule has 1 heterocycles. The molecule has 0 aliphatic rings. The van der Waals surface area contributed by atoms with Crippen LogP contribution in [0.4, 0.5) is 0 Å². The van der Waals surface area contributed by atoms with Gasteiger partial charge >= 0.3 is 5.97 Å². The second kappa shape index (κ2) is 7.32. The van der Waals surface area contributed by atoms with E-state index in [0.717, 1.165) is 0 Å². The second-order valence-electron chi connectivity index (χ2n) is 7.20. The van der Waals surface area contributed by atoms with Gasteiger partial charge in [-0.1, -0.05) is 31.0 Å². The maximum absolute atomic E-state index is 13.3. The van der Waals surface area contributed by atoms with Crippen molar-refractivity contribution in [3.8, 4) is 5.75 Å². The van der Waals surface area contributed by atoms with Crippen molar-refractivity contribution < 1.29 is 19.8 Å². The van der Waals surface area contributed by atoms with Crippen LogP contribution in [0.15, 0.2) is 42.5 Å². The van der Waals surface area contributed by atoms with E-state index in [1.807, 2.05) is 6.92 Å². The number of aliphatic carboxylic acids is 1. The van der Waals surface area contributed by atoms with Gasteiger partial charge < -0.3 is 10.2 Å². The molecule has 0 unspecified atom stereocenters. The number of carbonyl (C=O) groups excluding carboxylic acids is 1. The van der Waals surface area contributed by atoms with E-state index >= 15 is 0 Å². The van der Waals surface area contributed by atoms with E-state index in [2.05, 4.69) is 0 Å². The number of hydrogen-bond donors (Lipinski definition) is 2. The topological polar surface area (TPSA) is 79.5 Å². The molecule has 2 N–H and O–H groups in total. The molecule has 28 heavy (non-hydrogen) atoms. The number of benzene rings is 2. The van der Waals surface area contributed by atoms with Gasteiger partial charge in [-0.25, -0.2) is 0 Å². The minimum atomic E-state index is -1.19. The molecule has 6 heteroatoms. The molecule has 146 valence electrons. The van der Waals surface area contributed by atoms with Crippen LogP contribution in [0.25, 0.3) is 10.9 Å². The van der Waals surface area contributed by atoms with Crippen LogP contribution in [0.1, 0.15) is 48.3 Å². The largest absolute Gasteiger partial charge is 0.508 e. The van der Waals surface area contributed by atoms with E-state index in [1.165, 1.54) is 16.7 Å². The minimum Gasteiger partial charge on any atom is -0.508 e. The Kier molecular flexibility index (Phi) is 5.22. The third kappa shape index (κ3) is 3.16. The first kappa shape index (κ1) is 20.0. The predicted octanol–water partition coefficient (Wildman–Crippen LogP) is 5.14. The summed E-state index contributed by atoms with van der Waals surface area (Å²) in [5.41, 5.74) is 0.857. The van der Waals surface area contributed by atoms with Crippen LogP contribution in [0.2, 0.25) is 5.02 Å². The lowest BCUT2D eigenvalue weighted by Crippen LogP contribution is -2.33. The van der Waals surface area contributed by atoms with Crippen LogP contribution in [-0.2, 0) is 10.2 Å². The Hall–Kier alpha value is -2.79. The number of halogens is 1. The lowest BCUT2D eigenvalue weighted by Gasteiger charge is -2.25. The third-order valence-corrected chi connectivity index (χ3v) is 5.47. The molecule has 5 nitrogen and oxygen atoms in total. The number of phenols is 1. The molecule has 0 aliphatic carbocycles. The van der Waals surface area contributed by atoms with Crippen molar-refractivity contribution in [2.75, 3.05) is 0 Å². The summed E-state index contributed by atoms with van der Waals surface area (Å²) in [6.07, 6.45) is 1.07. The van der Waals surface area contributed by atoms with Crippen LogP contribution in [0.3, 0.4) is 0 Å². The summed E-state index contributed by atoms with van der Waals surface area (Å²) in [7, 11) is 0. The average molecular weight is 400 g/mol. The zero-order valence-electron chi connectivity index (χ0n) is 16.0. The monoisotopic (exact) mass is 399 g/mol. The second-order valence-corrected chi connectivity index (χ2v) is 7.64. The maximum Gasteiger partial charge on any atom is 0.313 e. The maximum atomic E-state index is 13.3. The van der Waals surface area contributed by atoms with E-state index in [0.29, 0.717) is 45.6 Å². The SMILES string of the molecule is CCC[C@@](C)(C(=O)O)c1c(C)n(C(=O)c2cccc(Cl)c2)c2ccc(O)cc12. The molecule has 2 aromatic carbocycles. The van der Waals surface area contributed by atoms with Crippen molar-refractivity contribution in [2.24, 2.45) is 0 Å². The lowest BCUT2D eigenvalue weighted by molar-refractivity contribution is -0.143. The number of aromatic hydroxyl groups is 1. The zero-order chi connectivity index (χ0) is 20.6. The van der Waals surface area contributed by atoms with Gasteiger partial charge in [-0.2, -0.15) is 0 Å². The minimum absolute atomic E-state index is 0.0188. The smallest absolute Gasteiger partial charge is 0.313 e. The normalized spacial score (nSPS) is 13.4. The summed E-state index contributed by atoms with van der Waals surface area (Å²) in [6, 6.07) is 11.3. The molecular weight excluding hydrogens is 378 g/mol. The first-order valence-electron chi connectivity index (χ1n) is 9.09. The Labute approximate surface area is 168 Å². The van der Waals surface area contributed by atoms with Crippen LogP contribution in [0.5, 0.6) is 5.75 Å². The molecule has 0 aliphatic heterocycles. The van der Waals surface area contributed by atoms with Gasteiger partial charge in [0.2, 0.25) is 0 Å². The third-order valence-electron chi connectivity index (χ3n) is 5.24. The number of phenolic OH excluding ortho intramolecular Hbond substituents is 1. The van der Waals surface area contributed by atoms with Crippen molar-refractivity contribution in [1.29, 1.82) is 0 Å². The highest BCUT2D eigenvalue weighted by atomic mass is 35.5. The van der Waals surface area contributed by atoms with Crippen LogP contribution >= 0.6 is 11.6 Å². The van der Waals surface area contributed by atoms with E-state index in [1.54, 1.807) is 44.2 Å². The Morgan fingerprint density at radius 2 is 1.89 bits per heavy atom. The molecule has 0 saturated carbocycles. The molecule has 0 amide bonds. The summed E-state index contributed by atoms with van der Waals surface area (Å²) in [6.45, 7) is 5.33. The molecule has 0 saturated heterocycles. The predicted molar refractivity (Wildman–Crippen MR) is 109 cm³/mol. The molecule has 0 spiro atoms. The first-order valence-corrected chi connectivity index (χ1v) is 9.46. The van der Waals surface area contributed by atoms with Crippen molar-refractivity contribution in [3.05, 3.63) is 64.3 Å². The Morgan fingerprint density at radius 1 is 1.18 bits per heavy atom. The zero-order valence-corrected chi connectivity index (χ0v) is 16.7. The van der Waals surface area contributed by atoms with Crippen LogP contribution in [-0.4, -0.2) is 26.7 Å². The van der Waals surface area contributed by atoms with Gasteiger partial charge in [-0.3, -0.25) is 14.2 Å². The molecule has 0 bridgehead atoms. The molecule has 1 aromatic heterocycles. The molecule has 0 fully saturated rings. The molecular formula is C22H22ClNO4. The van der Waals surface area contributed by atoms with Crippen molar-refractivity contribution >= 4 is 34.4 Å². The fourth-order valence-electron chi connectivity index (χ4n) is 3.95. The molecule has 3 aromatic rings. The fraction of sp³-hybridized carbons (Fsp3) is 0.273. The van der Waals surface area contributed by atoms with Crippen molar-refractivity contribution in [3.63, 3.8) is 0 Å². The number of aromatic nitrogens is 1. The number of rotatable bonds is 5. The van der Waals surface area contributed by atoms with Gasteiger partial charge in [0.05, 0.1) is 10.9 Å². The average Bonchev–Trinajstić information content (AvgIpc) is 2.92. The summed E-state index contributed by atoms with van der Waals surface area (Å²) in [5.74, 6) is -1.24. The van der Waals surface area contributed by atoms with Gasteiger partial charge in [0.1, 0.15) is 5.75 Å². The molecule has 1 atom stereocenters. The quantitative estimate of drug-likeness (QED) is 0.622. The molecule has 0 radical (unpaired) electrons. The number of hydrogen-bond acceptors (Lipinski definition) is 3. The number of carbonyl (C=O) groups is 2. The number of carboxylic acid groups (broad SMARTS) is 1. The summed E-state index contributed by atoms with van der Waals surface area (Å²) in [5, 5.41) is 21.0. The van der Waals surface area contributed by atoms with Gasteiger partial charge in [0.15, 0.2) is 0 Å². The highest BCUT2D eigenvalue weighted by Gasteiger charge is 2.39. The Bertz CT molecular complexity index is 1090. The number of fused-ring (bicyclic) bond motifs is 1. The van der Waals surface area contributed by atoms with E-state index < -0.39 is 11.4 Å². The van der Waals surface area contributed by atoms with Crippen LogP contribution in [0, 0.1) is 6.92 Å². The molecule has 3 rings (SSSR count). The van der Waals surface area contributed by atoms with Gasteiger partial charge in [-0.05, 0) is 62.2 Å². The standard InChI is InChI=1S/C22H22ClNO4/c1-4-10-22(3,21(27)28)19-13(2)24(18-9-8-16(25)12-17(18)19)20(26)14-6-5-7-15(23)11-14/h5-9,11-12,25H,4,10H2,1-3H3,(H,27,28)/t22-/m1/s1. The lowest BCUT2D eigenvalue weighted by atomic mass is 9.77.